The van der Waals surface area contributed by atoms with E-state index in [4.69, 9.17) is 21.1 Å². The lowest BCUT2D eigenvalue weighted by Crippen LogP contribution is -2.47. The number of benzene rings is 1. The standard InChI is InChI=1S/C13H15ClN2O3/c14-10-5-9(6-11-13(10)19-4-3-18-11)7-16-2-1-15-12(17)8-16/h5-6H,1-4,7-8H2,(H,15,17). The minimum atomic E-state index is 0.0647. The number of hydrogen-bond acceptors (Lipinski definition) is 4. The first-order valence-corrected chi connectivity index (χ1v) is 6.67. The van der Waals surface area contributed by atoms with E-state index >= 15 is 0 Å². The van der Waals surface area contributed by atoms with Gasteiger partial charge < -0.3 is 14.8 Å². The topological polar surface area (TPSA) is 50.8 Å². The third-order valence-corrected chi connectivity index (χ3v) is 3.46. The normalized spacial score (nSPS) is 19.1. The number of carbonyl (C=O) groups is 1. The molecule has 5 nitrogen and oxygen atoms in total. The number of hydrogen-bond donors (Lipinski definition) is 1. The molecule has 1 N–H and O–H groups in total. The molecule has 0 aliphatic carbocycles. The Bertz CT molecular complexity index is 507. The fourth-order valence-electron chi connectivity index (χ4n) is 2.34. The van der Waals surface area contributed by atoms with Crippen LogP contribution in [0.5, 0.6) is 11.5 Å². The van der Waals surface area contributed by atoms with Crippen LogP contribution in [-0.2, 0) is 11.3 Å². The van der Waals surface area contributed by atoms with Crippen LogP contribution in [0.15, 0.2) is 12.1 Å². The van der Waals surface area contributed by atoms with Gasteiger partial charge in [0.15, 0.2) is 11.5 Å². The zero-order chi connectivity index (χ0) is 13.2. The van der Waals surface area contributed by atoms with Crippen LogP contribution in [0.3, 0.4) is 0 Å². The highest BCUT2D eigenvalue weighted by atomic mass is 35.5. The molecule has 0 saturated carbocycles. The largest absolute Gasteiger partial charge is 0.486 e. The second kappa shape index (κ2) is 5.27. The summed E-state index contributed by atoms with van der Waals surface area (Å²) in [5.74, 6) is 1.37. The van der Waals surface area contributed by atoms with Crippen LogP contribution in [0, 0.1) is 0 Å². The maximum absolute atomic E-state index is 11.3. The van der Waals surface area contributed by atoms with Crippen LogP contribution in [0.4, 0.5) is 0 Å². The molecule has 0 aromatic heterocycles. The highest BCUT2D eigenvalue weighted by molar-refractivity contribution is 6.32. The lowest BCUT2D eigenvalue weighted by molar-refractivity contribution is -0.124. The number of piperazine rings is 1. The number of rotatable bonds is 2. The van der Waals surface area contributed by atoms with Gasteiger partial charge in [-0.3, -0.25) is 9.69 Å². The van der Waals surface area contributed by atoms with Crippen molar-refractivity contribution < 1.29 is 14.3 Å². The molecule has 0 spiro atoms. The summed E-state index contributed by atoms with van der Waals surface area (Å²) in [5, 5.41) is 3.37. The highest BCUT2D eigenvalue weighted by Gasteiger charge is 2.20. The molecule has 0 unspecified atom stereocenters. The molecule has 1 amide bonds. The van der Waals surface area contributed by atoms with Crippen molar-refractivity contribution in [2.75, 3.05) is 32.8 Å². The number of nitrogens with zero attached hydrogens (tertiary/aromatic N) is 1. The van der Waals surface area contributed by atoms with Gasteiger partial charge >= 0.3 is 0 Å². The molecule has 1 aromatic rings. The molecule has 3 rings (SSSR count). The summed E-state index contributed by atoms with van der Waals surface area (Å²) in [6, 6.07) is 3.81. The van der Waals surface area contributed by atoms with Gasteiger partial charge in [0, 0.05) is 19.6 Å². The lowest BCUT2D eigenvalue weighted by atomic mass is 10.1. The first-order chi connectivity index (χ1) is 9.22. The molecule has 2 aliphatic heterocycles. The molecule has 1 saturated heterocycles. The zero-order valence-electron chi connectivity index (χ0n) is 10.4. The molecule has 0 radical (unpaired) electrons. The van der Waals surface area contributed by atoms with E-state index in [-0.39, 0.29) is 5.91 Å². The van der Waals surface area contributed by atoms with Gasteiger partial charge in [-0.2, -0.15) is 0 Å². The number of fused-ring (bicyclic) bond motifs is 1. The Kier molecular flexibility index (Phi) is 3.48. The Morgan fingerprint density at radius 3 is 3.00 bits per heavy atom. The first-order valence-electron chi connectivity index (χ1n) is 6.29. The summed E-state index contributed by atoms with van der Waals surface area (Å²) in [5.41, 5.74) is 1.03. The fraction of sp³-hybridized carbons (Fsp3) is 0.462. The first kappa shape index (κ1) is 12.6. The average molecular weight is 283 g/mol. The molecule has 0 bridgehead atoms. The third kappa shape index (κ3) is 2.77. The second-order valence-corrected chi connectivity index (χ2v) is 5.07. The van der Waals surface area contributed by atoms with E-state index in [2.05, 4.69) is 10.2 Å². The molecule has 2 heterocycles. The maximum atomic E-state index is 11.3. The summed E-state index contributed by atoms with van der Waals surface area (Å²) in [4.78, 5) is 13.4. The summed E-state index contributed by atoms with van der Waals surface area (Å²) in [6.07, 6.45) is 0. The van der Waals surface area contributed by atoms with Gasteiger partial charge in [0.2, 0.25) is 5.91 Å². The summed E-state index contributed by atoms with van der Waals surface area (Å²) in [6.45, 7) is 3.71. The van der Waals surface area contributed by atoms with Gasteiger partial charge in [-0.1, -0.05) is 11.6 Å². The van der Waals surface area contributed by atoms with Crippen molar-refractivity contribution in [3.05, 3.63) is 22.7 Å². The summed E-state index contributed by atoms with van der Waals surface area (Å²) < 4.78 is 11.0. The molecular weight excluding hydrogens is 268 g/mol. The third-order valence-electron chi connectivity index (χ3n) is 3.18. The number of halogens is 1. The fourth-order valence-corrected chi connectivity index (χ4v) is 2.63. The van der Waals surface area contributed by atoms with E-state index in [1.165, 1.54) is 0 Å². The minimum Gasteiger partial charge on any atom is -0.486 e. The van der Waals surface area contributed by atoms with Crippen molar-refractivity contribution in [3.8, 4) is 11.5 Å². The Balaban J connectivity index is 1.77. The van der Waals surface area contributed by atoms with E-state index in [1.807, 2.05) is 12.1 Å². The van der Waals surface area contributed by atoms with Crippen LogP contribution < -0.4 is 14.8 Å². The maximum Gasteiger partial charge on any atom is 0.234 e. The molecule has 6 heteroatoms. The highest BCUT2D eigenvalue weighted by Crippen LogP contribution is 2.38. The zero-order valence-corrected chi connectivity index (χ0v) is 11.2. The Hall–Kier alpha value is -1.46. The molecule has 2 aliphatic rings. The van der Waals surface area contributed by atoms with E-state index in [0.717, 1.165) is 12.1 Å². The van der Waals surface area contributed by atoms with Gasteiger partial charge in [-0.05, 0) is 17.7 Å². The van der Waals surface area contributed by atoms with Crippen LogP contribution in [0.2, 0.25) is 5.02 Å². The number of nitrogens with one attached hydrogen (secondary N) is 1. The predicted octanol–water partition coefficient (Wildman–Crippen LogP) is 1.04. The Morgan fingerprint density at radius 1 is 1.32 bits per heavy atom. The summed E-state index contributed by atoms with van der Waals surface area (Å²) >= 11 is 6.19. The van der Waals surface area contributed by atoms with Crippen molar-refractivity contribution in [1.82, 2.24) is 10.2 Å². The van der Waals surface area contributed by atoms with Gasteiger partial charge in [-0.15, -0.1) is 0 Å². The molecule has 102 valence electrons. The van der Waals surface area contributed by atoms with Gasteiger partial charge in [-0.25, -0.2) is 0 Å². The SMILES string of the molecule is O=C1CN(Cc2cc(Cl)c3c(c2)OCCO3)CCN1. The van der Waals surface area contributed by atoms with E-state index in [1.54, 1.807) is 0 Å². The molecule has 1 aromatic carbocycles. The van der Waals surface area contributed by atoms with Crippen molar-refractivity contribution in [2.45, 2.75) is 6.54 Å². The van der Waals surface area contributed by atoms with Crippen LogP contribution in [0.25, 0.3) is 0 Å². The molecular formula is C13H15ClN2O3. The van der Waals surface area contributed by atoms with Gasteiger partial charge in [0.25, 0.3) is 0 Å². The van der Waals surface area contributed by atoms with Crippen molar-refractivity contribution in [3.63, 3.8) is 0 Å². The Morgan fingerprint density at radius 2 is 2.16 bits per heavy atom. The number of ether oxygens (including phenoxy) is 2. The Labute approximate surface area is 116 Å². The monoisotopic (exact) mass is 282 g/mol. The van der Waals surface area contributed by atoms with Crippen molar-refractivity contribution in [2.24, 2.45) is 0 Å². The second-order valence-electron chi connectivity index (χ2n) is 4.66. The van der Waals surface area contributed by atoms with Crippen LogP contribution in [-0.4, -0.2) is 43.7 Å². The quantitative estimate of drug-likeness (QED) is 0.881. The molecule has 19 heavy (non-hydrogen) atoms. The van der Waals surface area contributed by atoms with Crippen molar-refractivity contribution in [1.29, 1.82) is 0 Å². The smallest absolute Gasteiger partial charge is 0.234 e. The minimum absolute atomic E-state index is 0.0647. The molecule has 0 atom stereocenters. The van der Waals surface area contributed by atoms with E-state index in [9.17, 15) is 4.79 Å². The van der Waals surface area contributed by atoms with E-state index in [0.29, 0.717) is 49.4 Å². The van der Waals surface area contributed by atoms with Crippen LogP contribution >= 0.6 is 11.6 Å². The van der Waals surface area contributed by atoms with Crippen LogP contribution in [0.1, 0.15) is 5.56 Å². The lowest BCUT2D eigenvalue weighted by Gasteiger charge is -2.27. The molecule has 1 fully saturated rings. The van der Waals surface area contributed by atoms with E-state index < -0.39 is 0 Å². The van der Waals surface area contributed by atoms with Gasteiger partial charge in [0.1, 0.15) is 13.2 Å². The van der Waals surface area contributed by atoms with Crippen molar-refractivity contribution >= 4 is 17.5 Å². The number of amides is 1. The van der Waals surface area contributed by atoms with Gasteiger partial charge in [0.05, 0.1) is 11.6 Å². The number of carbonyl (C=O) groups excluding carboxylic acids is 1. The summed E-state index contributed by atoms with van der Waals surface area (Å²) in [7, 11) is 0. The average Bonchev–Trinajstić information content (AvgIpc) is 2.39. The predicted molar refractivity (Wildman–Crippen MR) is 70.7 cm³/mol.